The number of rotatable bonds is 4. The summed E-state index contributed by atoms with van der Waals surface area (Å²) in [5.41, 5.74) is 1.74. The van der Waals surface area contributed by atoms with Crippen molar-refractivity contribution < 1.29 is 14.3 Å². The molecular formula is C17H17NO3. The Balaban J connectivity index is 1.71. The van der Waals surface area contributed by atoms with Crippen LogP contribution in [0.3, 0.4) is 0 Å². The van der Waals surface area contributed by atoms with Crippen LogP contribution in [0.1, 0.15) is 12.5 Å². The van der Waals surface area contributed by atoms with Crippen molar-refractivity contribution in [2.75, 3.05) is 11.9 Å². The van der Waals surface area contributed by atoms with Gasteiger partial charge in [-0.05, 0) is 30.7 Å². The van der Waals surface area contributed by atoms with Crippen LogP contribution in [0.4, 0.5) is 5.69 Å². The first-order valence-electron chi connectivity index (χ1n) is 7.05. The summed E-state index contributed by atoms with van der Waals surface area (Å²) in [6.07, 6.45) is 0.107. The molecule has 1 N–H and O–H groups in total. The second-order valence-electron chi connectivity index (χ2n) is 4.84. The van der Waals surface area contributed by atoms with E-state index < -0.39 is 6.10 Å². The lowest BCUT2D eigenvalue weighted by Crippen LogP contribution is -2.31. The molecule has 0 bridgehead atoms. The molecule has 1 aliphatic heterocycles. The Morgan fingerprint density at radius 2 is 2.00 bits per heavy atom. The minimum absolute atomic E-state index is 0.154. The molecule has 2 aromatic carbocycles. The van der Waals surface area contributed by atoms with Crippen LogP contribution in [0, 0.1) is 0 Å². The Labute approximate surface area is 123 Å². The van der Waals surface area contributed by atoms with E-state index in [1.807, 2.05) is 55.5 Å². The highest BCUT2D eigenvalue weighted by Crippen LogP contribution is 2.30. The van der Waals surface area contributed by atoms with E-state index in [0.29, 0.717) is 24.5 Å². The lowest BCUT2D eigenvalue weighted by molar-refractivity contribution is -0.122. The summed E-state index contributed by atoms with van der Waals surface area (Å²) in [4.78, 5) is 12.3. The molecule has 2 aromatic rings. The SMILES string of the molecule is CCOc1ccccc1NC(=O)C1Cc2ccccc2O1. The van der Waals surface area contributed by atoms with Gasteiger partial charge < -0.3 is 14.8 Å². The van der Waals surface area contributed by atoms with Crippen molar-refractivity contribution in [3.8, 4) is 11.5 Å². The number of ether oxygens (including phenoxy) is 2. The van der Waals surface area contributed by atoms with E-state index in [2.05, 4.69) is 5.32 Å². The Bertz CT molecular complexity index is 629. The van der Waals surface area contributed by atoms with E-state index in [1.165, 1.54) is 0 Å². The van der Waals surface area contributed by atoms with E-state index >= 15 is 0 Å². The number of para-hydroxylation sites is 3. The molecule has 0 aromatic heterocycles. The molecule has 1 unspecified atom stereocenters. The van der Waals surface area contributed by atoms with Crippen molar-refractivity contribution in [2.24, 2.45) is 0 Å². The molecular weight excluding hydrogens is 266 g/mol. The van der Waals surface area contributed by atoms with Gasteiger partial charge in [0.15, 0.2) is 6.10 Å². The fraction of sp³-hybridized carbons (Fsp3) is 0.235. The molecule has 0 fully saturated rings. The van der Waals surface area contributed by atoms with Crippen LogP contribution in [0.15, 0.2) is 48.5 Å². The number of hydrogen-bond acceptors (Lipinski definition) is 3. The summed E-state index contributed by atoms with van der Waals surface area (Å²) < 4.78 is 11.2. The van der Waals surface area contributed by atoms with Gasteiger partial charge in [0.05, 0.1) is 12.3 Å². The van der Waals surface area contributed by atoms with Crippen LogP contribution < -0.4 is 14.8 Å². The summed E-state index contributed by atoms with van der Waals surface area (Å²) in [5, 5.41) is 2.88. The van der Waals surface area contributed by atoms with Crippen LogP contribution in [-0.4, -0.2) is 18.6 Å². The first-order valence-corrected chi connectivity index (χ1v) is 7.05. The molecule has 1 atom stereocenters. The largest absolute Gasteiger partial charge is 0.492 e. The third kappa shape index (κ3) is 2.84. The number of benzene rings is 2. The number of amides is 1. The summed E-state index contributed by atoms with van der Waals surface area (Å²) in [6.45, 7) is 2.47. The second kappa shape index (κ2) is 5.87. The highest BCUT2D eigenvalue weighted by molar-refractivity contribution is 5.96. The van der Waals surface area contributed by atoms with Crippen LogP contribution in [0.25, 0.3) is 0 Å². The van der Waals surface area contributed by atoms with Gasteiger partial charge in [0, 0.05) is 6.42 Å². The topological polar surface area (TPSA) is 47.6 Å². The molecule has 1 heterocycles. The van der Waals surface area contributed by atoms with Gasteiger partial charge in [-0.3, -0.25) is 4.79 Å². The number of nitrogens with one attached hydrogen (secondary N) is 1. The molecule has 108 valence electrons. The summed E-state index contributed by atoms with van der Waals surface area (Å²) in [7, 11) is 0. The number of fused-ring (bicyclic) bond motifs is 1. The maximum atomic E-state index is 12.3. The third-order valence-corrected chi connectivity index (χ3v) is 3.38. The maximum Gasteiger partial charge on any atom is 0.265 e. The van der Waals surface area contributed by atoms with E-state index in [4.69, 9.17) is 9.47 Å². The minimum Gasteiger partial charge on any atom is -0.492 e. The van der Waals surface area contributed by atoms with Crippen molar-refractivity contribution in [1.82, 2.24) is 0 Å². The molecule has 1 amide bonds. The normalized spacial score (nSPS) is 16.0. The Morgan fingerprint density at radius 3 is 2.81 bits per heavy atom. The first kappa shape index (κ1) is 13.5. The zero-order chi connectivity index (χ0) is 14.7. The zero-order valence-corrected chi connectivity index (χ0v) is 11.8. The standard InChI is InChI=1S/C17H17NO3/c1-2-20-15-10-6-4-8-13(15)18-17(19)16-11-12-7-3-5-9-14(12)21-16/h3-10,16H,2,11H2,1H3,(H,18,19). The number of anilines is 1. The molecule has 0 spiro atoms. The van der Waals surface area contributed by atoms with Gasteiger partial charge in [-0.2, -0.15) is 0 Å². The van der Waals surface area contributed by atoms with Gasteiger partial charge in [0.1, 0.15) is 11.5 Å². The molecule has 3 rings (SSSR count). The second-order valence-corrected chi connectivity index (χ2v) is 4.84. The van der Waals surface area contributed by atoms with Gasteiger partial charge in [0.25, 0.3) is 5.91 Å². The molecule has 4 heteroatoms. The van der Waals surface area contributed by atoms with Crippen molar-refractivity contribution in [1.29, 1.82) is 0 Å². The maximum absolute atomic E-state index is 12.3. The fourth-order valence-electron chi connectivity index (χ4n) is 2.39. The van der Waals surface area contributed by atoms with Crippen molar-refractivity contribution >= 4 is 11.6 Å². The van der Waals surface area contributed by atoms with Gasteiger partial charge in [0.2, 0.25) is 0 Å². The van der Waals surface area contributed by atoms with Gasteiger partial charge >= 0.3 is 0 Å². The molecule has 4 nitrogen and oxygen atoms in total. The van der Waals surface area contributed by atoms with Gasteiger partial charge in [-0.25, -0.2) is 0 Å². The fourth-order valence-corrected chi connectivity index (χ4v) is 2.39. The quantitative estimate of drug-likeness (QED) is 0.938. The van der Waals surface area contributed by atoms with Crippen LogP contribution in [-0.2, 0) is 11.2 Å². The lowest BCUT2D eigenvalue weighted by Gasteiger charge is -2.14. The molecule has 0 saturated carbocycles. The Morgan fingerprint density at radius 1 is 1.24 bits per heavy atom. The molecule has 0 aliphatic carbocycles. The van der Waals surface area contributed by atoms with Crippen molar-refractivity contribution in [3.05, 3.63) is 54.1 Å². The zero-order valence-electron chi connectivity index (χ0n) is 11.8. The van der Waals surface area contributed by atoms with E-state index in [9.17, 15) is 4.79 Å². The predicted octanol–water partition coefficient (Wildman–Crippen LogP) is 3.03. The monoisotopic (exact) mass is 283 g/mol. The van der Waals surface area contributed by atoms with Crippen molar-refractivity contribution in [2.45, 2.75) is 19.4 Å². The van der Waals surface area contributed by atoms with E-state index in [-0.39, 0.29) is 5.91 Å². The highest BCUT2D eigenvalue weighted by atomic mass is 16.5. The Hall–Kier alpha value is -2.49. The lowest BCUT2D eigenvalue weighted by atomic mass is 10.1. The number of hydrogen-bond donors (Lipinski definition) is 1. The number of carbonyl (C=O) groups excluding carboxylic acids is 1. The van der Waals surface area contributed by atoms with Crippen LogP contribution >= 0.6 is 0 Å². The first-order chi connectivity index (χ1) is 10.3. The molecule has 0 saturated heterocycles. The molecule has 0 radical (unpaired) electrons. The van der Waals surface area contributed by atoms with Crippen molar-refractivity contribution in [3.63, 3.8) is 0 Å². The molecule has 21 heavy (non-hydrogen) atoms. The van der Waals surface area contributed by atoms with Gasteiger partial charge in [-0.1, -0.05) is 30.3 Å². The smallest absolute Gasteiger partial charge is 0.265 e. The predicted molar refractivity (Wildman–Crippen MR) is 80.8 cm³/mol. The van der Waals surface area contributed by atoms with E-state index in [0.717, 1.165) is 11.3 Å². The summed E-state index contributed by atoms with van der Waals surface area (Å²) >= 11 is 0. The average Bonchev–Trinajstić information content (AvgIpc) is 2.93. The third-order valence-electron chi connectivity index (χ3n) is 3.38. The van der Waals surface area contributed by atoms with E-state index in [1.54, 1.807) is 0 Å². The Kier molecular flexibility index (Phi) is 3.77. The number of carbonyl (C=O) groups is 1. The van der Waals surface area contributed by atoms with Crippen LogP contribution in [0.2, 0.25) is 0 Å². The minimum atomic E-state index is -0.489. The highest BCUT2D eigenvalue weighted by Gasteiger charge is 2.29. The summed E-state index contributed by atoms with van der Waals surface area (Å²) in [5.74, 6) is 1.30. The van der Waals surface area contributed by atoms with Gasteiger partial charge in [-0.15, -0.1) is 0 Å². The molecule has 1 aliphatic rings. The average molecular weight is 283 g/mol. The van der Waals surface area contributed by atoms with Crippen LogP contribution in [0.5, 0.6) is 11.5 Å². The summed E-state index contributed by atoms with van der Waals surface area (Å²) in [6, 6.07) is 15.1.